The summed E-state index contributed by atoms with van der Waals surface area (Å²) < 4.78 is 16.2. The maximum atomic E-state index is 12.3. The number of fused-ring (bicyclic) bond motifs is 1. The number of carbonyl (C=O) groups is 2. The number of furan rings is 1. The van der Waals surface area contributed by atoms with E-state index in [0.29, 0.717) is 39.1 Å². The number of ether oxygens (including phenoxy) is 2. The largest absolute Gasteiger partial charge is 0.495 e. The van der Waals surface area contributed by atoms with Crippen LogP contribution in [0.15, 0.2) is 46.9 Å². The van der Waals surface area contributed by atoms with Gasteiger partial charge in [0.05, 0.1) is 19.9 Å². The molecule has 0 aliphatic rings. The van der Waals surface area contributed by atoms with Crippen LogP contribution >= 0.6 is 11.6 Å². The lowest BCUT2D eigenvalue weighted by molar-refractivity contribution is -0.111. The third-order valence-electron chi connectivity index (χ3n) is 4.05. The quantitative estimate of drug-likeness (QED) is 0.468. The molecule has 144 valence electrons. The fourth-order valence-electron chi connectivity index (χ4n) is 2.70. The summed E-state index contributed by atoms with van der Waals surface area (Å²) in [6.07, 6.45) is 2.86. The van der Waals surface area contributed by atoms with Crippen molar-refractivity contribution in [2.75, 3.05) is 19.5 Å². The summed E-state index contributed by atoms with van der Waals surface area (Å²) in [5, 5.41) is 3.99. The van der Waals surface area contributed by atoms with Crippen LogP contribution in [0, 0.1) is 0 Å². The van der Waals surface area contributed by atoms with Gasteiger partial charge < -0.3 is 19.2 Å². The van der Waals surface area contributed by atoms with Crippen molar-refractivity contribution < 1.29 is 23.5 Å². The number of rotatable bonds is 6. The number of benzene rings is 2. The zero-order chi connectivity index (χ0) is 20.3. The van der Waals surface area contributed by atoms with E-state index in [-0.39, 0.29) is 5.78 Å². The summed E-state index contributed by atoms with van der Waals surface area (Å²) in [6, 6.07) is 10.00. The number of nitrogens with one attached hydrogen (secondary N) is 1. The molecule has 0 saturated heterocycles. The van der Waals surface area contributed by atoms with Crippen LogP contribution in [-0.2, 0) is 4.79 Å². The van der Waals surface area contributed by atoms with Crippen LogP contribution in [0.2, 0.25) is 5.02 Å². The Morgan fingerprint density at radius 3 is 2.50 bits per heavy atom. The van der Waals surface area contributed by atoms with E-state index in [2.05, 4.69) is 5.32 Å². The van der Waals surface area contributed by atoms with Crippen molar-refractivity contribution in [1.29, 1.82) is 0 Å². The van der Waals surface area contributed by atoms with Crippen LogP contribution in [0.25, 0.3) is 17.0 Å². The van der Waals surface area contributed by atoms with E-state index >= 15 is 0 Å². The van der Waals surface area contributed by atoms with Gasteiger partial charge >= 0.3 is 0 Å². The molecule has 1 aromatic heterocycles. The predicted octanol–water partition coefficient (Wildman–Crippen LogP) is 4.96. The molecule has 2 aromatic carbocycles. The molecule has 0 unspecified atom stereocenters. The lowest BCUT2D eigenvalue weighted by Crippen LogP contribution is -2.09. The highest BCUT2D eigenvalue weighted by Gasteiger charge is 2.11. The minimum absolute atomic E-state index is 0.108. The van der Waals surface area contributed by atoms with Gasteiger partial charge in [0, 0.05) is 28.1 Å². The molecule has 0 fully saturated rings. The van der Waals surface area contributed by atoms with Crippen LogP contribution in [0.3, 0.4) is 0 Å². The molecule has 1 N–H and O–H groups in total. The maximum absolute atomic E-state index is 12.3. The molecule has 0 atom stereocenters. The molecule has 0 spiro atoms. The molecule has 3 aromatic rings. The van der Waals surface area contributed by atoms with Gasteiger partial charge in [-0.2, -0.15) is 0 Å². The van der Waals surface area contributed by atoms with Crippen LogP contribution in [-0.4, -0.2) is 25.9 Å². The molecule has 0 bridgehead atoms. The van der Waals surface area contributed by atoms with E-state index < -0.39 is 5.91 Å². The fraction of sp³-hybridized carbons (Fsp3) is 0.143. The van der Waals surface area contributed by atoms with Gasteiger partial charge in [-0.15, -0.1) is 0 Å². The van der Waals surface area contributed by atoms with Crippen molar-refractivity contribution in [3.05, 3.63) is 58.8 Å². The molecule has 0 aliphatic heterocycles. The van der Waals surface area contributed by atoms with Gasteiger partial charge in [-0.25, -0.2) is 0 Å². The van der Waals surface area contributed by atoms with Gasteiger partial charge in [0.25, 0.3) is 0 Å². The minimum Gasteiger partial charge on any atom is -0.495 e. The number of hydrogen-bond donors (Lipinski definition) is 1. The Bertz CT molecular complexity index is 1080. The van der Waals surface area contributed by atoms with Gasteiger partial charge in [0.1, 0.15) is 11.5 Å². The standard InChI is InChI=1S/C21H18ClNO5/c1-12(24)13-4-6-18(26-2)17(10-13)23-20(25)7-5-16-9-14-8-15(22)11-19(27-3)21(14)28-16/h4-11H,1-3H3,(H,23,25). The molecule has 0 radical (unpaired) electrons. The Morgan fingerprint density at radius 2 is 1.82 bits per heavy atom. The molecule has 0 saturated carbocycles. The van der Waals surface area contributed by atoms with Crippen molar-refractivity contribution in [2.45, 2.75) is 6.92 Å². The van der Waals surface area contributed by atoms with Gasteiger partial charge in [0.2, 0.25) is 5.91 Å². The van der Waals surface area contributed by atoms with Gasteiger partial charge in [-0.3, -0.25) is 9.59 Å². The van der Waals surface area contributed by atoms with E-state index in [0.717, 1.165) is 5.39 Å². The number of halogens is 1. The third-order valence-corrected chi connectivity index (χ3v) is 4.27. The number of hydrogen-bond acceptors (Lipinski definition) is 5. The van der Waals surface area contributed by atoms with E-state index in [4.69, 9.17) is 25.5 Å². The van der Waals surface area contributed by atoms with E-state index in [1.807, 2.05) is 0 Å². The predicted molar refractivity (Wildman–Crippen MR) is 108 cm³/mol. The second-order valence-electron chi connectivity index (χ2n) is 5.97. The highest BCUT2D eigenvalue weighted by molar-refractivity contribution is 6.31. The first-order valence-corrected chi connectivity index (χ1v) is 8.74. The first kappa shape index (κ1) is 19.5. The zero-order valence-electron chi connectivity index (χ0n) is 15.5. The number of carbonyl (C=O) groups excluding carboxylic acids is 2. The second kappa shape index (κ2) is 8.19. The molecule has 28 heavy (non-hydrogen) atoms. The van der Waals surface area contributed by atoms with Crippen LogP contribution in [0.4, 0.5) is 5.69 Å². The lowest BCUT2D eigenvalue weighted by atomic mass is 10.1. The summed E-state index contributed by atoms with van der Waals surface area (Å²) in [4.78, 5) is 23.9. The normalized spacial score (nSPS) is 11.0. The van der Waals surface area contributed by atoms with E-state index in [1.165, 1.54) is 33.3 Å². The minimum atomic E-state index is -0.399. The number of Topliss-reactive ketones (excluding diaryl/α,β-unsaturated/α-hetero) is 1. The first-order valence-electron chi connectivity index (χ1n) is 8.36. The zero-order valence-corrected chi connectivity index (χ0v) is 16.3. The van der Waals surface area contributed by atoms with Gasteiger partial charge in [-0.1, -0.05) is 11.6 Å². The molecule has 1 heterocycles. The molecule has 7 heteroatoms. The molecule has 6 nitrogen and oxygen atoms in total. The fourth-order valence-corrected chi connectivity index (χ4v) is 2.91. The molecular weight excluding hydrogens is 382 g/mol. The smallest absolute Gasteiger partial charge is 0.248 e. The number of methoxy groups -OCH3 is 2. The lowest BCUT2D eigenvalue weighted by Gasteiger charge is -2.10. The average molecular weight is 400 g/mol. The monoisotopic (exact) mass is 399 g/mol. The van der Waals surface area contributed by atoms with Crippen LogP contribution < -0.4 is 14.8 Å². The topological polar surface area (TPSA) is 77.8 Å². The highest BCUT2D eigenvalue weighted by atomic mass is 35.5. The SMILES string of the molecule is COc1ccc(C(C)=O)cc1NC(=O)C=Cc1cc2cc(Cl)cc(OC)c2o1. The van der Waals surface area contributed by atoms with E-state index in [1.54, 1.807) is 36.4 Å². The number of anilines is 1. The van der Waals surface area contributed by atoms with Gasteiger partial charge in [0.15, 0.2) is 17.1 Å². The average Bonchev–Trinajstić information content (AvgIpc) is 3.08. The number of ketones is 1. The Kier molecular flexibility index (Phi) is 5.70. The number of amides is 1. The van der Waals surface area contributed by atoms with Crippen molar-refractivity contribution in [3.63, 3.8) is 0 Å². The van der Waals surface area contributed by atoms with Crippen molar-refractivity contribution in [2.24, 2.45) is 0 Å². The summed E-state index contributed by atoms with van der Waals surface area (Å²) in [5.41, 5.74) is 1.42. The first-order chi connectivity index (χ1) is 13.4. The van der Waals surface area contributed by atoms with Crippen LogP contribution in [0.1, 0.15) is 23.0 Å². The summed E-state index contributed by atoms with van der Waals surface area (Å²) in [6.45, 7) is 1.45. The Labute approximate surface area is 166 Å². The Hall–Kier alpha value is -3.25. The maximum Gasteiger partial charge on any atom is 0.248 e. The molecule has 1 amide bonds. The highest BCUT2D eigenvalue weighted by Crippen LogP contribution is 2.32. The van der Waals surface area contributed by atoms with E-state index in [9.17, 15) is 9.59 Å². The summed E-state index contributed by atoms with van der Waals surface area (Å²) in [7, 11) is 3.01. The second-order valence-corrected chi connectivity index (χ2v) is 6.41. The summed E-state index contributed by atoms with van der Waals surface area (Å²) in [5.74, 6) is 0.926. The van der Waals surface area contributed by atoms with Gasteiger partial charge in [-0.05, 0) is 43.3 Å². The molecular formula is C21H18ClNO5. The molecule has 0 aliphatic carbocycles. The van der Waals surface area contributed by atoms with Crippen LogP contribution in [0.5, 0.6) is 11.5 Å². The third kappa shape index (κ3) is 4.18. The Balaban J connectivity index is 1.82. The summed E-state index contributed by atoms with van der Waals surface area (Å²) >= 11 is 6.05. The van der Waals surface area contributed by atoms with Crippen molar-refractivity contribution in [1.82, 2.24) is 0 Å². The van der Waals surface area contributed by atoms with Crippen molar-refractivity contribution >= 4 is 46.0 Å². The Morgan fingerprint density at radius 1 is 1.07 bits per heavy atom. The molecule has 3 rings (SSSR count). The van der Waals surface area contributed by atoms with Crippen molar-refractivity contribution in [3.8, 4) is 11.5 Å².